The minimum absolute atomic E-state index is 0.231. The molecular weight excluding hydrogens is 190 g/mol. The third-order valence-electron chi connectivity index (χ3n) is 2.59. The summed E-state index contributed by atoms with van der Waals surface area (Å²) < 4.78 is 0. The van der Waals surface area contributed by atoms with E-state index >= 15 is 0 Å². The van der Waals surface area contributed by atoms with E-state index < -0.39 is 0 Å². The number of rotatable bonds is 2. The molecule has 0 aliphatic heterocycles. The van der Waals surface area contributed by atoms with Gasteiger partial charge in [-0.1, -0.05) is 0 Å². The molecule has 0 fully saturated rings. The summed E-state index contributed by atoms with van der Waals surface area (Å²) in [6, 6.07) is 2.39. The summed E-state index contributed by atoms with van der Waals surface area (Å²) in [4.78, 5) is 3.14. The fourth-order valence-corrected chi connectivity index (χ4v) is 3.03. The summed E-state index contributed by atoms with van der Waals surface area (Å²) in [5.41, 5.74) is 1.84. The number of nitrogens with one attached hydrogen (secondary N) is 1. The lowest BCUT2D eigenvalue weighted by Gasteiger charge is -2.19. The van der Waals surface area contributed by atoms with E-state index in [1.807, 2.05) is 11.3 Å². The highest BCUT2D eigenvalue weighted by molar-refractivity contribution is 7.12. The summed E-state index contributed by atoms with van der Waals surface area (Å²) in [7, 11) is 0. The molecule has 0 spiro atoms. The van der Waals surface area contributed by atoms with Crippen molar-refractivity contribution in [2.45, 2.75) is 52.1 Å². The van der Waals surface area contributed by atoms with Gasteiger partial charge >= 0.3 is 0 Å². The Morgan fingerprint density at radius 3 is 2.79 bits per heavy atom. The first-order valence-corrected chi connectivity index (χ1v) is 6.22. The normalized spacial score (nSPS) is 15.9. The highest BCUT2D eigenvalue weighted by atomic mass is 32.1. The van der Waals surface area contributed by atoms with Crippen LogP contribution in [0, 0.1) is 0 Å². The van der Waals surface area contributed by atoms with Crippen molar-refractivity contribution >= 4 is 11.3 Å². The van der Waals surface area contributed by atoms with Crippen molar-refractivity contribution < 1.29 is 0 Å². The van der Waals surface area contributed by atoms with E-state index in [0.717, 1.165) is 6.54 Å². The molecule has 0 saturated carbocycles. The number of hydrogen-bond acceptors (Lipinski definition) is 2. The fraction of sp³-hybridized carbons (Fsp3) is 0.667. The predicted molar refractivity (Wildman–Crippen MR) is 62.9 cm³/mol. The van der Waals surface area contributed by atoms with Crippen LogP contribution in [0.15, 0.2) is 6.07 Å². The van der Waals surface area contributed by atoms with Crippen molar-refractivity contribution in [3.05, 3.63) is 21.4 Å². The molecule has 0 radical (unpaired) electrons. The number of aryl methyl sites for hydroxylation is 2. The highest BCUT2D eigenvalue weighted by Gasteiger charge is 2.15. The summed E-state index contributed by atoms with van der Waals surface area (Å²) in [6.07, 6.45) is 3.99. The van der Waals surface area contributed by atoms with Gasteiger partial charge in [-0.15, -0.1) is 11.3 Å². The number of thiophene rings is 1. The summed E-state index contributed by atoms with van der Waals surface area (Å²) >= 11 is 2.00. The predicted octanol–water partition coefficient (Wildman–Crippen LogP) is 3.12. The molecule has 2 heteroatoms. The van der Waals surface area contributed by atoms with Gasteiger partial charge in [0.05, 0.1) is 0 Å². The molecular formula is C12H19NS. The van der Waals surface area contributed by atoms with E-state index in [1.54, 1.807) is 10.4 Å². The Labute approximate surface area is 90.5 Å². The van der Waals surface area contributed by atoms with Gasteiger partial charge < -0.3 is 5.32 Å². The maximum atomic E-state index is 3.54. The Kier molecular flexibility index (Phi) is 2.67. The smallest absolute Gasteiger partial charge is 0.0304 e. The lowest BCUT2D eigenvalue weighted by Crippen LogP contribution is -2.34. The van der Waals surface area contributed by atoms with E-state index in [1.165, 1.54) is 24.1 Å². The standard InChI is InChI=1S/C12H19NS/c1-12(2,3)13-8-10-7-9-5-4-6-11(9)14-10/h7,13H,4-6,8H2,1-3H3. The van der Waals surface area contributed by atoms with E-state index in [0.29, 0.717) is 0 Å². The second kappa shape index (κ2) is 3.67. The Morgan fingerprint density at radius 1 is 1.36 bits per heavy atom. The molecule has 0 bridgehead atoms. The van der Waals surface area contributed by atoms with Crippen LogP contribution in [0.25, 0.3) is 0 Å². The Morgan fingerprint density at radius 2 is 2.14 bits per heavy atom. The minimum Gasteiger partial charge on any atom is -0.307 e. The second-order valence-electron chi connectivity index (χ2n) is 5.12. The van der Waals surface area contributed by atoms with Crippen molar-refractivity contribution in [2.75, 3.05) is 0 Å². The molecule has 0 unspecified atom stereocenters. The molecule has 0 saturated heterocycles. The van der Waals surface area contributed by atoms with Gasteiger partial charge in [0.1, 0.15) is 0 Å². The van der Waals surface area contributed by atoms with Crippen LogP contribution in [0.5, 0.6) is 0 Å². The second-order valence-corrected chi connectivity index (χ2v) is 6.34. The molecule has 2 rings (SSSR count). The fourth-order valence-electron chi connectivity index (χ4n) is 1.83. The number of hydrogen-bond donors (Lipinski definition) is 1. The Bertz CT molecular complexity index is 298. The Hall–Kier alpha value is -0.340. The van der Waals surface area contributed by atoms with E-state index in [4.69, 9.17) is 0 Å². The van der Waals surface area contributed by atoms with Crippen LogP contribution in [-0.2, 0) is 19.4 Å². The molecule has 1 heterocycles. The SMILES string of the molecule is CC(C)(C)NCc1cc2c(s1)CCC2. The van der Waals surface area contributed by atoms with Crippen LogP contribution in [0.1, 0.15) is 42.5 Å². The van der Waals surface area contributed by atoms with Gasteiger partial charge in [0.15, 0.2) is 0 Å². The average Bonchev–Trinajstić information content (AvgIpc) is 2.56. The first kappa shape index (κ1) is 10.2. The molecule has 1 aromatic rings. The third-order valence-corrected chi connectivity index (χ3v) is 3.83. The third kappa shape index (κ3) is 2.37. The van der Waals surface area contributed by atoms with Crippen LogP contribution in [0.2, 0.25) is 0 Å². The minimum atomic E-state index is 0.231. The van der Waals surface area contributed by atoms with Crippen molar-refractivity contribution in [3.63, 3.8) is 0 Å². The van der Waals surface area contributed by atoms with Gasteiger partial charge in [-0.25, -0.2) is 0 Å². The van der Waals surface area contributed by atoms with Gasteiger partial charge in [-0.2, -0.15) is 0 Å². The van der Waals surface area contributed by atoms with Crippen LogP contribution in [-0.4, -0.2) is 5.54 Å². The summed E-state index contributed by atoms with van der Waals surface area (Å²) in [5, 5.41) is 3.54. The van der Waals surface area contributed by atoms with E-state index in [9.17, 15) is 0 Å². The molecule has 1 nitrogen and oxygen atoms in total. The zero-order valence-corrected chi connectivity index (χ0v) is 10.1. The quantitative estimate of drug-likeness (QED) is 0.789. The van der Waals surface area contributed by atoms with Crippen LogP contribution in [0.3, 0.4) is 0 Å². The van der Waals surface area contributed by atoms with Crippen LogP contribution in [0.4, 0.5) is 0 Å². The van der Waals surface area contributed by atoms with Gasteiger partial charge in [-0.05, 0) is 51.7 Å². The largest absolute Gasteiger partial charge is 0.307 e. The lowest BCUT2D eigenvalue weighted by molar-refractivity contribution is 0.426. The van der Waals surface area contributed by atoms with Gasteiger partial charge in [0.25, 0.3) is 0 Å². The first-order chi connectivity index (χ1) is 6.54. The molecule has 14 heavy (non-hydrogen) atoms. The van der Waals surface area contributed by atoms with E-state index in [-0.39, 0.29) is 5.54 Å². The molecule has 0 atom stereocenters. The van der Waals surface area contributed by atoms with Crippen molar-refractivity contribution in [1.82, 2.24) is 5.32 Å². The monoisotopic (exact) mass is 209 g/mol. The van der Waals surface area contributed by atoms with Crippen LogP contribution < -0.4 is 5.32 Å². The zero-order chi connectivity index (χ0) is 10.2. The van der Waals surface area contributed by atoms with Gasteiger partial charge in [-0.3, -0.25) is 0 Å². The zero-order valence-electron chi connectivity index (χ0n) is 9.31. The first-order valence-electron chi connectivity index (χ1n) is 5.40. The molecule has 1 aliphatic rings. The average molecular weight is 209 g/mol. The summed E-state index contributed by atoms with van der Waals surface area (Å²) in [6.45, 7) is 7.68. The molecule has 0 amide bonds. The van der Waals surface area contributed by atoms with Gasteiger partial charge in [0, 0.05) is 21.8 Å². The molecule has 0 aromatic carbocycles. The van der Waals surface area contributed by atoms with Crippen LogP contribution >= 0.6 is 11.3 Å². The molecule has 1 N–H and O–H groups in total. The van der Waals surface area contributed by atoms with Gasteiger partial charge in [0.2, 0.25) is 0 Å². The Balaban J connectivity index is 1.98. The van der Waals surface area contributed by atoms with Crippen molar-refractivity contribution in [2.24, 2.45) is 0 Å². The maximum absolute atomic E-state index is 3.54. The highest BCUT2D eigenvalue weighted by Crippen LogP contribution is 2.30. The molecule has 78 valence electrons. The topological polar surface area (TPSA) is 12.0 Å². The lowest BCUT2D eigenvalue weighted by atomic mass is 10.1. The van der Waals surface area contributed by atoms with E-state index in [2.05, 4.69) is 32.2 Å². The van der Waals surface area contributed by atoms with Crippen molar-refractivity contribution in [3.8, 4) is 0 Å². The molecule has 1 aromatic heterocycles. The van der Waals surface area contributed by atoms with Crippen molar-refractivity contribution in [1.29, 1.82) is 0 Å². The maximum Gasteiger partial charge on any atom is 0.0304 e. The summed E-state index contributed by atoms with van der Waals surface area (Å²) in [5.74, 6) is 0. The molecule has 1 aliphatic carbocycles. The number of fused-ring (bicyclic) bond motifs is 1.